The van der Waals surface area contributed by atoms with Crippen molar-refractivity contribution in [3.63, 3.8) is 0 Å². The van der Waals surface area contributed by atoms with Gasteiger partial charge in [-0.15, -0.1) is 0 Å². The number of aliphatic imine (C=N–C) groups is 1. The highest BCUT2D eigenvalue weighted by Crippen LogP contribution is 2.04. The van der Waals surface area contributed by atoms with E-state index in [1.807, 2.05) is 13.1 Å². The highest BCUT2D eigenvalue weighted by molar-refractivity contribution is 5.92. The molecule has 90 valence electrons. The number of rotatable bonds is 5. The summed E-state index contributed by atoms with van der Waals surface area (Å²) in [5, 5.41) is 7.17. The fourth-order valence-electron chi connectivity index (χ4n) is 1.15. The van der Waals surface area contributed by atoms with Crippen LogP contribution in [0.1, 0.15) is 6.92 Å². The predicted octanol–water partition coefficient (Wildman–Crippen LogP) is -0.219. The number of guanidine groups is 1. The minimum atomic E-state index is 0.522. The van der Waals surface area contributed by atoms with Crippen molar-refractivity contribution in [1.29, 1.82) is 0 Å². The Kier molecular flexibility index (Phi) is 5.30. The molecule has 0 bridgehead atoms. The Morgan fingerprint density at radius 3 is 3.12 bits per heavy atom. The smallest absolute Gasteiger partial charge is 0.210 e. The lowest BCUT2D eigenvalue weighted by molar-refractivity contribution is 0.183. The average molecular weight is 226 g/mol. The van der Waals surface area contributed by atoms with Gasteiger partial charge in [0.05, 0.1) is 25.0 Å². The van der Waals surface area contributed by atoms with Gasteiger partial charge in [-0.25, -0.2) is 5.84 Å². The van der Waals surface area contributed by atoms with E-state index in [0.29, 0.717) is 25.7 Å². The maximum Gasteiger partial charge on any atom is 0.210 e. The zero-order valence-electron chi connectivity index (χ0n) is 9.60. The molecule has 7 nitrogen and oxygen atoms in total. The number of nitrogens with zero attached hydrogens (tertiary/aromatic N) is 3. The number of methoxy groups -OCH3 is 1. The number of aromatic nitrogens is 2. The maximum absolute atomic E-state index is 5.30. The van der Waals surface area contributed by atoms with Gasteiger partial charge in [-0.1, -0.05) is 0 Å². The molecule has 0 aliphatic carbocycles. The number of nitrogens with one attached hydrogen (secondary N) is 2. The van der Waals surface area contributed by atoms with Crippen molar-refractivity contribution in [3.05, 3.63) is 12.4 Å². The van der Waals surface area contributed by atoms with Crippen LogP contribution in [0, 0.1) is 0 Å². The fourth-order valence-corrected chi connectivity index (χ4v) is 1.15. The standard InChI is InChI=1S/C9H18N6O/c1-3-11-9(14-10)13-8-6-12-15(7-8)4-5-16-2/h6-7H,3-5,10H2,1-2H3,(H2,11,13,14). The second-order valence-electron chi connectivity index (χ2n) is 3.08. The maximum atomic E-state index is 5.30. The lowest BCUT2D eigenvalue weighted by Crippen LogP contribution is -2.36. The van der Waals surface area contributed by atoms with Crippen LogP contribution in [0.25, 0.3) is 0 Å². The molecule has 0 radical (unpaired) electrons. The highest BCUT2D eigenvalue weighted by atomic mass is 16.5. The molecule has 7 heteroatoms. The molecule has 0 atom stereocenters. The number of hydrogen-bond acceptors (Lipinski definition) is 4. The van der Waals surface area contributed by atoms with Crippen molar-refractivity contribution in [1.82, 2.24) is 15.2 Å². The van der Waals surface area contributed by atoms with E-state index in [1.54, 1.807) is 18.0 Å². The van der Waals surface area contributed by atoms with Crippen LogP contribution in [0.15, 0.2) is 17.4 Å². The van der Waals surface area contributed by atoms with Crippen LogP contribution in [0.5, 0.6) is 0 Å². The third kappa shape index (κ3) is 3.87. The molecule has 0 aliphatic rings. The molecule has 0 fully saturated rings. The van der Waals surface area contributed by atoms with E-state index >= 15 is 0 Å². The largest absolute Gasteiger partial charge is 0.383 e. The minimum Gasteiger partial charge on any atom is -0.383 e. The molecule has 1 rings (SSSR count). The monoisotopic (exact) mass is 226 g/mol. The van der Waals surface area contributed by atoms with Crippen molar-refractivity contribution in [2.24, 2.45) is 10.8 Å². The Hall–Kier alpha value is -1.60. The summed E-state index contributed by atoms with van der Waals surface area (Å²) in [5.74, 6) is 5.83. The lowest BCUT2D eigenvalue weighted by atomic mass is 10.5. The molecule has 0 aliphatic heterocycles. The van der Waals surface area contributed by atoms with Crippen molar-refractivity contribution in [2.45, 2.75) is 13.5 Å². The molecular weight excluding hydrogens is 208 g/mol. The molecule has 0 amide bonds. The quantitative estimate of drug-likeness (QED) is 0.279. The van der Waals surface area contributed by atoms with Gasteiger partial charge >= 0.3 is 0 Å². The summed E-state index contributed by atoms with van der Waals surface area (Å²) in [6.07, 6.45) is 3.57. The van der Waals surface area contributed by atoms with Gasteiger partial charge in [-0.05, 0) is 6.92 Å². The van der Waals surface area contributed by atoms with E-state index in [0.717, 1.165) is 5.69 Å². The van der Waals surface area contributed by atoms with Crippen LogP contribution < -0.4 is 16.6 Å². The van der Waals surface area contributed by atoms with Gasteiger partial charge in [0.15, 0.2) is 0 Å². The van der Waals surface area contributed by atoms with Gasteiger partial charge in [0.25, 0.3) is 0 Å². The normalized spacial score (nSPS) is 11.6. The number of nitrogens with two attached hydrogens (primary N) is 1. The van der Waals surface area contributed by atoms with Crippen LogP contribution in [0.4, 0.5) is 5.69 Å². The van der Waals surface area contributed by atoms with Crippen LogP contribution in [-0.4, -0.2) is 36.0 Å². The molecule has 16 heavy (non-hydrogen) atoms. The van der Waals surface area contributed by atoms with Gasteiger partial charge in [0.2, 0.25) is 5.96 Å². The second kappa shape index (κ2) is 6.81. The van der Waals surface area contributed by atoms with Gasteiger partial charge in [0, 0.05) is 19.9 Å². The predicted molar refractivity (Wildman–Crippen MR) is 63.0 cm³/mol. The summed E-state index contributed by atoms with van der Waals surface area (Å²) in [7, 11) is 1.66. The lowest BCUT2D eigenvalue weighted by Gasteiger charge is -2.05. The SMILES string of the molecule is CCN=C(NN)Nc1cnn(CCOC)c1. The molecule has 0 aromatic carbocycles. The Morgan fingerprint density at radius 2 is 2.50 bits per heavy atom. The van der Waals surface area contributed by atoms with Gasteiger partial charge in [-0.3, -0.25) is 15.1 Å². The zero-order chi connectivity index (χ0) is 11.8. The first-order valence-corrected chi connectivity index (χ1v) is 5.09. The average Bonchev–Trinajstić information content (AvgIpc) is 2.73. The van der Waals surface area contributed by atoms with Crippen molar-refractivity contribution in [3.8, 4) is 0 Å². The zero-order valence-corrected chi connectivity index (χ0v) is 9.60. The summed E-state index contributed by atoms with van der Waals surface area (Å²) >= 11 is 0. The van der Waals surface area contributed by atoms with E-state index < -0.39 is 0 Å². The van der Waals surface area contributed by atoms with E-state index in [9.17, 15) is 0 Å². The first-order chi connectivity index (χ1) is 7.80. The number of hydrazine groups is 1. The summed E-state index contributed by atoms with van der Waals surface area (Å²) < 4.78 is 6.74. The molecule has 0 spiro atoms. The van der Waals surface area contributed by atoms with Crippen molar-refractivity contribution < 1.29 is 4.74 Å². The third-order valence-electron chi connectivity index (χ3n) is 1.87. The van der Waals surface area contributed by atoms with Gasteiger partial charge < -0.3 is 10.1 Å². The van der Waals surface area contributed by atoms with E-state index in [1.165, 1.54) is 0 Å². The Labute approximate surface area is 94.6 Å². The van der Waals surface area contributed by atoms with E-state index in [2.05, 4.69) is 20.8 Å². The van der Waals surface area contributed by atoms with Crippen LogP contribution in [-0.2, 0) is 11.3 Å². The molecular formula is C9H18N6O. The van der Waals surface area contributed by atoms with Gasteiger partial charge in [-0.2, -0.15) is 5.10 Å². The summed E-state index contributed by atoms with van der Waals surface area (Å²) in [4.78, 5) is 4.12. The first-order valence-electron chi connectivity index (χ1n) is 5.09. The molecule has 1 heterocycles. The van der Waals surface area contributed by atoms with Crippen LogP contribution >= 0.6 is 0 Å². The summed E-state index contributed by atoms with van der Waals surface area (Å²) in [5.41, 5.74) is 3.32. The summed E-state index contributed by atoms with van der Waals surface area (Å²) in [6.45, 7) is 3.94. The first kappa shape index (κ1) is 12.5. The second-order valence-corrected chi connectivity index (χ2v) is 3.08. The van der Waals surface area contributed by atoms with Crippen LogP contribution in [0.2, 0.25) is 0 Å². The Balaban J connectivity index is 2.53. The van der Waals surface area contributed by atoms with E-state index in [-0.39, 0.29) is 0 Å². The minimum absolute atomic E-state index is 0.522. The molecule has 1 aromatic heterocycles. The van der Waals surface area contributed by atoms with Gasteiger partial charge in [0.1, 0.15) is 0 Å². The summed E-state index contributed by atoms with van der Waals surface area (Å²) in [6, 6.07) is 0. The molecule has 0 saturated carbocycles. The fraction of sp³-hybridized carbons (Fsp3) is 0.556. The Morgan fingerprint density at radius 1 is 1.69 bits per heavy atom. The van der Waals surface area contributed by atoms with Crippen LogP contribution in [0.3, 0.4) is 0 Å². The highest BCUT2D eigenvalue weighted by Gasteiger charge is 2.00. The topological polar surface area (TPSA) is 89.5 Å². The molecule has 1 aromatic rings. The van der Waals surface area contributed by atoms with Crippen molar-refractivity contribution in [2.75, 3.05) is 25.6 Å². The molecule has 4 N–H and O–H groups in total. The number of anilines is 1. The number of hydrogen-bond donors (Lipinski definition) is 3. The van der Waals surface area contributed by atoms with E-state index in [4.69, 9.17) is 10.6 Å². The number of ether oxygens (including phenoxy) is 1. The molecule has 0 saturated heterocycles. The van der Waals surface area contributed by atoms with Crippen molar-refractivity contribution >= 4 is 11.6 Å². The third-order valence-corrected chi connectivity index (χ3v) is 1.87. The Bertz CT molecular complexity index is 334. The molecule has 0 unspecified atom stereocenters.